The number of amides is 2. The predicted octanol–water partition coefficient (Wildman–Crippen LogP) is 1.28. The number of nitrogens with one attached hydrogen (secondary N) is 2. The number of primary amides is 1. The van der Waals surface area contributed by atoms with Crippen LogP contribution in [0.5, 0.6) is 0 Å². The lowest BCUT2D eigenvalue weighted by molar-refractivity contribution is 0.0932. The van der Waals surface area contributed by atoms with E-state index in [-0.39, 0.29) is 17.5 Å². The minimum atomic E-state index is -0.771. The van der Waals surface area contributed by atoms with Gasteiger partial charge in [0, 0.05) is 11.3 Å². The summed E-state index contributed by atoms with van der Waals surface area (Å²) >= 11 is 0. The highest BCUT2D eigenvalue weighted by Crippen LogP contribution is 2.28. The van der Waals surface area contributed by atoms with Gasteiger partial charge in [-0.3, -0.25) is 14.4 Å². The van der Waals surface area contributed by atoms with Crippen molar-refractivity contribution in [3.63, 3.8) is 0 Å². The van der Waals surface area contributed by atoms with E-state index in [1.54, 1.807) is 24.3 Å². The Balaban J connectivity index is 1.92. The van der Waals surface area contributed by atoms with E-state index >= 15 is 0 Å². The first-order chi connectivity index (χ1) is 11.1. The molecule has 0 saturated heterocycles. The highest BCUT2D eigenvalue weighted by Gasteiger charge is 2.25. The third-order valence-electron chi connectivity index (χ3n) is 4.06. The van der Waals surface area contributed by atoms with E-state index in [9.17, 15) is 14.4 Å². The Labute approximate surface area is 132 Å². The van der Waals surface area contributed by atoms with Crippen LogP contribution in [0.2, 0.25) is 0 Å². The van der Waals surface area contributed by atoms with Crippen LogP contribution < -0.4 is 16.6 Å². The molecular formula is C17H17N3O3. The van der Waals surface area contributed by atoms with Gasteiger partial charge in [-0.25, -0.2) is 0 Å². The summed E-state index contributed by atoms with van der Waals surface area (Å²) in [5, 5.41) is 2.96. The smallest absolute Gasteiger partial charge is 0.261 e. The second-order valence-corrected chi connectivity index (χ2v) is 5.59. The van der Waals surface area contributed by atoms with Crippen molar-refractivity contribution in [2.45, 2.75) is 25.3 Å². The lowest BCUT2D eigenvalue weighted by atomic mass is 9.90. The number of carbonyl (C=O) groups is 2. The quantitative estimate of drug-likeness (QED) is 0.795. The number of aryl methyl sites for hydroxylation is 1. The Bertz CT molecular complexity index is 812. The van der Waals surface area contributed by atoms with Gasteiger partial charge in [-0.15, -0.1) is 0 Å². The topological polar surface area (TPSA) is 105 Å². The molecule has 0 spiro atoms. The minimum absolute atomic E-state index is 0.0791. The van der Waals surface area contributed by atoms with Gasteiger partial charge in [-0.2, -0.15) is 0 Å². The molecule has 1 aromatic heterocycles. The molecular weight excluding hydrogens is 294 g/mol. The monoisotopic (exact) mass is 311 g/mol. The standard InChI is InChI=1S/C17H17N3O3/c18-15(21)12-9-11-13(7-4-8-14(11)20-17(12)23)19-16(22)10-5-2-1-3-6-10/h1-3,5-6,9,13H,4,7-8H2,(H2,18,21)(H,19,22)(H,20,23). The van der Waals surface area contributed by atoms with Gasteiger partial charge in [0.2, 0.25) is 0 Å². The number of rotatable bonds is 3. The number of aromatic nitrogens is 1. The zero-order valence-corrected chi connectivity index (χ0v) is 12.5. The van der Waals surface area contributed by atoms with Crippen molar-refractivity contribution in [1.82, 2.24) is 10.3 Å². The largest absolute Gasteiger partial charge is 0.365 e. The SMILES string of the molecule is NC(=O)c1cc2c([nH]c1=O)CCCC2NC(=O)c1ccccc1. The number of nitrogens with two attached hydrogens (primary N) is 1. The van der Waals surface area contributed by atoms with Crippen LogP contribution in [0.25, 0.3) is 0 Å². The number of hydrogen-bond acceptors (Lipinski definition) is 3. The van der Waals surface area contributed by atoms with E-state index in [1.165, 1.54) is 6.07 Å². The van der Waals surface area contributed by atoms with Gasteiger partial charge in [-0.05, 0) is 43.0 Å². The molecule has 0 aliphatic heterocycles. The van der Waals surface area contributed by atoms with Gasteiger partial charge in [0.25, 0.3) is 17.4 Å². The van der Waals surface area contributed by atoms with Crippen LogP contribution in [0.1, 0.15) is 50.9 Å². The number of fused-ring (bicyclic) bond motifs is 1. The Hall–Kier alpha value is -2.89. The molecule has 0 saturated carbocycles. The third kappa shape index (κ3) is 3.01. The Morgan fingerprint density at radius 2 is 1.96 bits per heavy atom. The number of H-pyrrole nitrogens is 1. The van der Waals surface area contributed by atoms with Crippen LogP contribution in [0.3, 0.4) is 0 Å². The third-order valence-corrected chi connectivity index (χ3v) is 4.06. The van der Waals surface area contributed by atoms with Crippen LogP contribution in [0, 0.1) is 0 Å². The molecule has 0 bridgehead atoms. The second kappa shape index (κ2) is 6.08. The summed E-state index contributed by atoms with van der Waals surface area (Å²) in [6.45, 7) is 0. The lowest BCUT2D eigenvalue weighted by Crippen LogP contribution is -2.34. The molecule has 1 aliphatic carbocycles. The van der Waals surface area contributed by atoms with Crippen LogP contribution in [0.4, 0.5) is 0 Å². The molecule has 1 aliphatic rings. The molecule has 2 amide bonds. The van der Waals surface area contributed by atoms with E-state index in [1.807, 2.05) is 6.07 Å². The fourth-order valence-corrected chi connectivity index (χ4v) is 2.90. The molecule has 1 heterocycles. The number of aromatic amines is 1. The molecule has 23 heavy (non-hydrogen) atoms. The Morgan fingerprint density at radius 1 is 1.22 bits per heavy atom. The molecule has 1 unspecified atom stereocenters. The molecule has 4 N–H and O–H groups in total. The van der Waals surface area contributed by atoms with Gasteiger partial charge in [0.1, 0.15) is 5.56 Å². The Kier molecular flexibility index (Phi) is 3.97. The molecule has 0 fully saturated rings. The van der Waals surface area contributed by atoms with E-state index in [0.717, 1.165) is 24.1 Å². The fraction of sp³-hybridized carbons (Fsp3) is 0.235. The van der Waals surface area contributed by atoms with Crippen molar-refractivity contribution in [1.29, 1.82) is 0 Å². The van der Waals surface area contributed by atoms with Crippen molar-refractivity contribution >= 4 is 11.8 Å². The summed E-state index contributed by atoms with van der Waals surface area (Å²) in [4.78, 5) is 38.3. The van der Waals surface area contributed by atoms with Crippen molar-refractivity contribution in [3.8, 4) is 0 Å². The first-order valence-corrected chi connectivity index (χ1v) is 7.48. The maximum atomic E-state index is 12.3. The summed E-state index contributed by atoms with van der Waals surface area (Å²) in [5.41, 5.74) is 6.76. The predicted molar refractivity (Wildman–Crippen MR) is 85.2 cm³/mol. The van der Waals surface area contributed by atoms with Crippen molar-refractivity contribution in [3.05, 3.63) is 69.1 Å². The minimum Gasteiger partial charge on any atom is -0.365 e. The molecule has 2 aromatic rings. The van der Waals surface area contributed by atoms with Crippen LogP contribution in [-0.4, -0.2) is 16.8 Å². The normalized spacial score (nSPS) is 16.4. The van der Waals surface area contributed by atoms with E-state index in [0.29, 0.717) is 12.0 Å². The van der Waals surface area contributed by atoms with E-state index < -0.39 is 11.5 Å². The van der Waals surface area contributed by atoms with Gasteiger partial charge < -0.3 is 16.0 Å². The molecule has 1 aromatic carbocycles. The van der Waals surface area contributed by atoms with Gasteiger partial charge >= 0.3 is 0 Å². The van der Waals surface area contributed by atoms with Gasteiger partial charge in [-0.1, -0.05) is 18.2 Å². The maximum Gasteiger partial charge on any atom is 0.261 e. The highest BCUT2D eigenvalue weighted by molar-refractivity contribution is 5.95. The molecule has 6 nitrogen and oxygen atoms in total. The zero-order valence-electron chi connectivity index (χ0n) is 12.5. The molecule has 6 heteroatoms. The lowest BCUT2D eigenvalue weighted by Gasteiger charge is -2.26. The van der Waals surface area contributed by atoms with Crippen LogP contribution >= 0.6 is 0 Å². The van der Waals surface area contributed by atoms with E-state index in [4.69, 9.17) is 5.73 Å². The summed E-state index contributed by atoms with van der Waals surface area (Å²) in [7, 11) is 0. The molecule has 1 atom stereocenters. The van der Waals surface area contributed by atoms with Gasteiger partial charge in [0.15, 0.2) is 0 Å². The number of carbonyl (C=O) groups excluding carboxylic acids is 2. The second-order valence-electron chi connectivity index (χ2n) is 5.59. The highest BCUT2D eigenvalue weighted by atomic mass is 16.2. The van der Waals surface area contributed by atoms with Crippen molar-refractivity contribution in [2.75, 3.05) is 0 Å². The summed E-state index contributed by atoms with van der Waals surface area (Å²) < 4.78 is 0. The van der Waals surface area contributed by atoms with Crippen molar-refractivity contribution in [2.24, 2.45) is 5.73 Å². The average molecular weight is 311 g/mol. The number of pyridine rings is 1. The van der Waals surface area contributed by atoms with E-state index in [2.05, 4.69) is 10.3 Å². The van der Waals surface area contributed by atoms with Crippen molar-refractivity contribution < 1.29 is 9.59 Å². The Morgan fingerprint density at radius 3 is 2.65 bits per heavy atom. The summed E-state index contributed by atoms with van der Waals surface area (Å²) in [6.07, 6.45) is 2.30. The van der Waals surface area contributed by atoms with Crippen LogP contribution in [-0.2, 0) is 6.42 Å². The maximum absolute atomic E-state index is 12.3. The first kappa shape index (κ1) is 15.0. The number of hydrogen-bond donors (Lipinski definition) is 3. The fourth-order valence-electron chi connectivity index (χ4n) is 2.90. The zero-order chi connectivity index (χ0) is 16.4. The summed E-state index contributed by atoms with van der Waals surface area (Å²) in [6, 6.07) is 10.2. The average Bonchev–Trinajstić information content (AvgIpc) is 2.55. The molecule has 0 radical (unpaired) electrons. The summed E-state index contributed by atoms with van der Waals surface area (Å²) in [5.74, 6) is -0.956. The first-order valence-electron chi connectivity index (χ1n) is 7.48. The number of benzene rings is 1. The molecule has 3 rings (SSSR count). The molecule has 118 valence electrons. The van der Waals surface area contributed by atoms with Crippen LogP contribution in [0.15, 0.2) is 41.2 Å². The van der Waals surface area contributed by atoms with Gasteiger partial charge in [0.05, 0.1) is 6.04 Å².